The number of amides is 1. The second kappa shape index (κ2) is 11.6. The standard InChI is InChI=1S/C23H34BrN3O5Si/c1-30-9-10-32-19-13-21(27(14-19)23(28)29)22-25-20(17-5-7-18(24)8-6-17)15-26(22)16-31-11-12-33(2,3)4/h5-8,15,19,21H,9-14,16H2,1-4H3,(H,28,29). The minimum Gasteiger partial charge on any atom is -0.465 e. The van der Waals surface area contributed by atoms with Crippen molar-refractivity contribution in [2.45, 2.75) is 51.0 Å². The van der Waals surface area contributed by atoms with Gasteiger partial charge in [0, 0.05) is 44.4 Å². The van der Waals surface area contributed by atoms with Gasteiger partial charge in [-0.2, -0.15) is 0 Å². The van der Waals surface area contributed by atoms with E-state index in [-0.39, 0.29) is 6.10 Å². The molecule has 10 heteroatoms. The van der Waals surface area contributed by atoms with Gasteiger partial charge in [0.05, 0.1) is 37.6 Å². The Hall–Kier alpha value is -1.72. The summed E-state index contributed by atoms with van der Waals surface area (Å²) in [6, 6.07) is 8.59. The SMILES string of the molecule is COCCOC1CC(c2nc(-c3ccc(Br)cc3)cn2COCC[Si](C)(C)C)N(C(=O)O)C1. The van der Waals surface area contributed by atoms with Gasteiger partial charge in [0.1, 0.15) is 12.6 Å². The van der Waals surface area contributed by atoms with Crippen LogP contribution in [0.3, 0.4) is 0 Å². The summed E-state index contributed by atoms with van der Waals surface area (Å²) in [5.74, 6) is 0.682. The zero-order valence-electron chi connectivity index (χ0n) is 19.8. The summed E-state index contributed by atoms with van der Waals surface area (Å²) in [5.41, 5.74) is 1.76. The van der Waals surface area contributed by atoms with Gasteiger partial charge in [-0.1, -0.05) is 47.7 Å². The number of aromatic nitrogens is 2. The van der Waals surface area contributed by atoms with Crippen LogP contribution < -0.4 is 0 Å². The maximum Gasteiger partial charge on any atom is 0.408 e. The van der Waals surface area contributed by atoms with Crippen LogP contribution in [0.15, 0.2) is 34.9 Å². The smallest absolute Gasteiger partial charge is 0.408 e. The molecular formula is C23H34BrN3O5Si. The highest BCUT2D eigenvalue weighted by Crippen LogP contribution is 2.35. The van der Waals surface area contributed by atoms with Gasteiger partial charge in [-0.3, -0.25) is 4.90 Å². The van der Waals surface area contributed by atoms with Crippen LogP contribution in [-0.2, 0) is 20.9 Å². The number of methoxy groups -OCH3 is 1. The summed E-state index contributed by atoms with van der Waals surface area (Å²) in [6.45, 7) is 9.17. The number of hydrogen-bond acceptors (Lipinski definition) is 5. The molecule has 1 aromatic carbocycles. The second-order valence-electron chi connectivity index (χ2n) is 9.48. The summed E-state index contributed by atoms with van der Waals surface area (Å²) in [6.07, 6.45) is 1.32. The lowest BCUT2D eigenvalue weighted by atomic mass is 10.1. The molecule has 33 heavy (non-hydrogen) atoms. The number of hydrogen-bond donors (Lipinski definition) is 1. The van der Waals surface area contributed by atoms with E-state index in [9.17, 15) is 9.90 Å². The summed E-state index contributed by atoms with van der Waals surface area (Å²) < 4.78 is 19.9. The van der Waals surface area contributed by atoms with E-state index >= 15 is 0 Å². The molecule has 0 spiro atoms. The zero-order chi connectivity index (χ0) is 24.0. The quantitative estimate of drug-likeness (QED) is 0.316. The van der Waals surface area contributed by atoms with Crippen LogP contribution in [0, 0.1) is 0 Å². The van der Waals surface area contributed by atoms with Gasteiger partial charge in [-0.05, 0) is 18.2 Å². The van der Waals surface area contributed by atoms with E-state index in [1.54, 1.807) is 7.11 Å². The Labute approximate surface area is 205 Å². The summed E-state index contributed by atoms with van der Waals surface area (Å²) in [7, 11) is 0.412. The van der Waals surface area contributed by atoms with Crippen molar-refractivity contribution in [3.63, 3.8) is 0 Å². The maximum atomic E-state index is 12.0. The second-order valence-corrected chi connectivity index (χ2v) is 16.0. The van der Waals surface area contributed by atoms with Crippen molar-refractivity contribution in [1.82, 2.24) is 14.5 Å². The van der Waals surface area contributed by atoms with E-state index in [2.05, 4.69) is 35.6 Å². The molecule has 2 unspecified atom stereocenters. The van der Waals surface area contributed by atoms with E-state index in [1.807, 2.05) is 35.0 Å². The fourth-order valence-corrected chi connectivity index (χ4v) is 4.79. The van der Waals surface area contributed by atoms with Crippen molar-refractivity contribution in [2.24, 2.45) is 0 Å². The van der Waals surface area contributed by atoms with E-state index in [0.29, 0.717) is 45.3 Å². The lowest BCUT2D eigenvalue weighted by Crippen LogP contribution is -2.32. The number of imidazole rings is 1. The highest BCUT2D eigenvalue weighted by molar-refractivity contribution is 9.10. The number of rotatable bonds is 11. The summed E-state index contributed by atoms with van der Waals surface area (Å²) >= 11 is 3.47. The molecule has 1 saturated heterocycles. The lowest BCUT2D eigenvalue weighted by Gasteiger charge is -2.22. The molecule has 1 N–H and O–H groups in total. The fourth-order valence-electron chi connectivity index (χ4n) is 3.77. The Kier molecular flexibility index (Phi) is 9.11. The van der Waals surface area contributed by atoms with Crippen molar-refractivity contribution < 1.29 is 24.1 Å². The molecule has 8 nitrogen and oxygen atoms in total. The van der Waals surface area contributed by atoms with Crippen LogP contribution in [0.4, 0.5) is 4.79 Å². The topological polar surface area (TPSA) is 86.1 Å². The number of likely N-dealkylation sites (tertiary alicyclic amines) is 1. The fraction of sp³-hybridized carbons (Fsp3) is 0.565. The van der Waals surface area contributed by atoms with Gasteiger partial charge in [-0.15, -0.1) is 0 Å². The largest absolute Gasteiger partial charge is 0.465 e. The number of ether oxygens (including phenoxy) is 3. The molecule has 182 valence electrons. The maximum absolute atomic E-state index is 12.0. The molecule has 1 aliphatic rings. The molecule has 2 aromatic rings. The zero-order valence-corrected chi connectivity index (χ0v) is 22.4. The van der Waals surface area contributed by atoms with Gasteiger partial charge in [0.15, 0.2) is 0 Å². The predicted molar refractivity (Wildman–Crippen MR) is 133 cm³/mol. The summed E-state index contributed by atoms with van der Waals surface area (Å²) in [4.78, 5) is 18.3. The predicted octanol–water partition coefficient (Wildman–Crippen LogP) is 5.08. The van der Waals surface area contributed by atoms with Crippen molar-refractivity contribution in [2.75, 3.05) is 33.5 Å². The van der Waals surface area contributed by atoms with Gasteiger partial charge in [-0.25, -0.2) is 9.78 Å². The first kappa shape index (κ1) is 25.9. The minimum atomic E-state index is -1.21. The average molecular weight is 541 g/mol. The molecule has 2 atom stereocenters. The van der Waals surface area contributed by atoms with Crippen LogP contribution in [-0.4, -0.2) is 73.3 Å². The number of halogens is 1. The Morgan fingerprint density at radius 1 is 1.21 bits per heavy atom. The number of benzene rings is 1. The van der Waals surface area contributed by atoms with Gasteiger partial charge in [0.25, 0.3) is 0 Å². The van der Waals surface area contributed by atoms with Crippen molar-refractivity contribution >= 4 is 30.1 Å². The monoisotopic (exact) mass is 539 g/mol. The van der Waals surface area contributed by atoms with Gasteiger partial charge >= 0.3 is 6.09 Å². The highest BCUT2D eigenvalue weighted by Gasteiger charge is 2.39. The average Bonchev–Trinajstić information content (AvgIpc) is 3.36. The van der Waals surface area contributed by atoms with Gasteiger partial charge < -0.3 is 23.9 Å². The molecule has 2 heterocycles. The molecule has 0 bridgehead atoms. The van der Waals surface area contributed by atoms with E-state index < -0.39 is 20.2 Å². The van der Waals surface area contributed by atoms with Crippen LogP contribution in [0.5, 0.6) is 0 Å². The first-order chi connectivity index (χ1) is 15.7. The molecule has 1 aromatic heterocycles. The Morgan fingerprint density at radius 3 is 2.58 bits per heavy atom. The normalized spacial score (nSPS) is 18.8. The molecule has 1 amide bonds. The Morgan fingerprint density at radius 2 is 1.94 bits per heavy atom. The first-order valence-electron chi connectivity index (χ1n) is 11.2. The van der Waals surface area contributed by atoms with E-state index in [4.69, 9.17) is 19.2 Å². The minimum absolute atomic E-state index is 0.199. The van der Waals surface area contributed by atoms with Crippen LogP contribution in [0.1, 0.15) is 18.3 Å². The van der Waals surface area contributed by atoms with Gasteiger partial charge in [0.2, 0.25) is 0 Å². The van der Waals surface area contributed by atoms with Crippen molar-refractivity contribution in [3.05, 3.63) is 40.8 Å². The molecule has 0 radical (unpaired) electrons. The third-order valence-corrected chi connectivity index (χ3v) is 7.85. The van der Waals surface area contributed by atoms with E-state index in [0.717, 1.165) is 21.8 Å². The Balaban J connectivity index is 1.85. The molecule has 0 saturated carbocycles. The molecule has 0 aliphatic carbocycles. The molecule has 1 aliphatic heterocycles. The lowest BCUT2D eigenvalue weighted by molar-refractivity contribution is 0.0223. The number of carbonyl (C=O) groups is 1. The van der Waals surface area contributed by atoms with Crippen LogP contribution in [0.25, 0.3) is 11.3 Å². The van der Waals surface area contributed by atoms with Crippen LogP contribution in [0.2, 0.25) is 25.7 Å². The van der Waals surface area contributed by atoms with E-state index in [1.165, 1.54) is 4.90 Å². The molecule has 1 fully saturated rings. The number of nitrogens with zero attached hydrogens (tertiary/aromatic N) is 3. The molecular weight excluding hydrogens is 506 g/mol. The highest BCUT2D eigenvalue weighted by atomic mass is 79.9. The molecule has 3 rings (SSSR count). The van der Waals surface area contributed by atoms with Crippen molar-refractivity contribution in [1.29, 1.82) is 0 Å². The van der Waals surface area contributed by atoms with Crippen molar-refractivity contribution in [3.8, 4) is 11.3 Å². The summed E-state index contributed by atoms with van der Waals surface area (Å²) in [5, 5.41) is 9.86. The first-order valence-corrected chi connectivity index (χ1v) is 15.7. The number of carboxylic acid groups (broad SMARTS) is 1. The Bertz CT molecular complexity index is 916. The third kappa shape index (κ3) is 7.38. The van der Waals surface area contributed by atoms with Crippen LogP contribution >= 0.6 is 15.9 Å². The third-order valence-electron chi connectivity index (χ3n) is 5.62.